The molecule has 5 nitrogen and oxygen atoms in total. The fourth-order valence-electron chi connectivity index (χ4n) is 2.78. The first-order valence-corrected chi connectivity index (χ1v) is 8.64. The van der Waals surface area contributed by atoms with Gasteiger partial charge < -0.3 is 4.90 Å². The van der Waals surface area contributed by atoms with E-state index in [0.29, 0.717) is 24.9 Å². The van der Waals surface area contributed by atoms with Crippen molar-refractivity contribution in [2.24, 2.45) is 11.8 Å². The van der Waals surface area contributed by atoms with Gasteiger partial charge in [0.2, 0.25) is 0 Å². The summed E-state index contributed by atoms with van der Waals surface area (Å²) in [6.45, 7) is 7.22. The standard InChI is InChI=1S/C15H22N2O3S/c1-11-4-6-14(7-5-11)21(19,20)16-15(18)17-9-12(2)8-13(3)10-17/h4-7,12-13H,8-10H2,1-3H3,(H,16,18)/t12-,13-/m0/s1. The fraction of sp³-hybridized carbons (Fsp3) is 0.533. The highest BCUT2D eigenvalue weighted by Gasteiger charge is 2.28. The highest BCUT2D eigenvalue weighted by atomic mass is 32.2. The highest BCUT2D eigenvalue weighted by Crippen LogP contribution is 2.21. The molecule has 0 spiro atoms. The molecule has 2 atom stereocenters. The smallest absolute Gasteiger partial charge is 0.323 e. The van der Waals surface area contributed by atoms with E-state index in [1.165, 1.54) is 12.1 Å². The number of carbonyl (C=O) groups is 1. The van der Waals surface area contributed by atoms with Crippen LogP contribution in [0.25, 0.3) is 0 Å². The van der Waals surface area contributed by atoms with Gasteiger partial charge in [-0.1, -0.05) is 31.5 Å². The Hall–Kier alpha value is -1.56. The number of nitrogens with zero attached hydrogens (tertiary/aromatic N) is 1. The number of hydrogen-bond acceptors (Lipinski definition) is 3. The molecule has 21 heavy (non-hydrogen) atoms. The SMILES string of the molecule is Cc1ccc(S(=O)(=O)NC(=O)N2C[C@@H](C)C[C@H](C)C2)cc1. The van der Waals surface area contributed by atoms with Crippen LogP contribution in [-0.2, 0) is 10.0 Å². The van der Waals surface area contributed by atoms with Gasteiger partial charge in [-0.2, -0.15) is 0 Å². The number of hydrogen-bond donors (Lipinski definition) is 1. The molecule has 2 rings (SSSR count). The van der Waals surface area contributed by atoms with Crippen LogP contribution in [0.1, 0.15) is 25.8 Å². The lowest BCUT2D eigenvalue weighted by molar-refractivity contribution is 0.150. The topological polar surface area (TPSA) is 66.5 Å². The molecule has 1 saturated heterocycles. The van der Waals surface area contributed by atoms with Crippen molar-refractivity contribution in [1.29, 1.82) is 0 Å². The number of benzene rings is 1. The minimum Gasteiger partial charge on any atom is -0.323 e. The number of nitrogens with one attached hydrogen (secondary N) is 1. The molecule has 0 radical (unpaired) electrons. The maximum Gasteiger partial charge on any atom is 0.331 e. The van der Waals surface area contributed by atoms with E-state index >= 15 is 0 Å². The number of likely N-dealkylation sites (tertiary alicyclic amines) is 1. The highest BCUT2D eigenvalue weighted by molar-refractivity contribution is 7.90. The van der Waals surface area contributed by atoms with E-state index in [9.17, 15) is 13.2 Å². The summed E-state index contributed by atoms with van der Waals surface area (Å²) in [7, 11) is -3.80. The zero-order valence-corrected chi connectivity index (χ0v) is 13.5. The maximum absolute atomic E-state index is 12.2. The normalized spacial score (nSPS) is 22.9. The van der Waals surface area contributed by atoms with Crippen molar-refractivity contribution in [2.45, 2.75) is 32.1 Å². The number of sulfonamides is 1. The molecule has 0 aromatic heterocycles. The summed E-state index contributed by atoms with van der Waals surface area (Å²) in [5.74, 6) is 0.781. The van der Waals surface area contributed by atoms with Crippen LogP contribution in [-0.4, -0.2) is 32.4 Å². The summed E-state index contributed by atoms with van der Waals surface area (Å²) in [6.07, 6.45) is 1.06. The second-order valence-electron chi connectivity index (χ2n) is 6.07. The average molecular weight is 310 g/mol. The predicted molar refractivity (Wildman–Crippen MR) is 81.4 cm³/mol. The molecule has 1 aromatic rings. The lowest BCUT2D eigenvalue weighted by atomic mass is 9.92. The predicted octanol–water partition coefficient (Wildman–Crippen LogP) is 2.37. The zero-order valence-electron chi connectivity index (χ0n) is 12.7. The van der Waals surface area contributed by atoms with Gasteiger partial charge in [0.05, 0.1) is 4.90 Å². The molecule has 1 aromatic carbocycles. The van der Waals surface area contributed by atoms with Crippen molar-refractivity contribution in [3.63, 3.8) is 0 Å². The van der Waals surface area contributed by atoms with E-state index in [2.05, 4.69) is 18.6 Å². The number of aryl methyl sites for hydroxylation is 1. The quantitative estimate of drug-likeness (QED) is 0.912. The van der Waals surface area contributed by atoms with E-state index < -0.39 is 16.1 Å². The van der Waals surface area contributed by atoms with Crippen molar-refractivity contribution in [3.05, 3.63) is 29.8 Å². The van der Waals surface area contributed by atoms with E-state index in [4.69, 9.17) is 0 Å². The van der Waals surface area contributed by atoms with Crippen LogP contribution in [0.15, 0.2) is 29.2 Å². The molecule has 6 heteroatoms. The second kappa shape index (κ2) is 6.05. The van der Waals surface area contributed by atoms with Crippen LogP contribution in [0.3, 0.4) is 0 Å². The largest absolute Gasteiger partial charge is 0.331 e. The molecule has 1 N–H and O–H groups in total. The lowest BCUT2D eigenvalue weighted by Gasteiger charge is -2.34. The van der Waals surface area contributed by atoms with Crippen LogP contribution in [0, 0.1) is 18.8 Å². The Morgan fingerprint density at radius 1 is 1.14 bits per heavy atom. The number of amides is 2. The Morgan fingerprint density at radius 3 is 2.19 bits per heavy atom. The Bertz CT molecular complexity index is 600. The van der Waals surface area contributed by atoms with Gasteiger partial charge in [0, 0.05) is 13.1 Å². The monoisotopic (exact) mass is 310 g/mol. The summed E-state index contributed by atoms with van der Waals surface area (Å²) >= 11 is 0. The first kappa shape index (κ1) is 15.8. The average Bonchev–Trinajstić information content (AvgIpc) is 2.37. The Kier molecular flexibility index (Phi) is 4.56. The van der Waals surface area contributed by atoms with Crippen LogP contribution < -0.4 is 4.72 Å². The molecule has 0 aliphatic carbocycles. The van der Waals surface area contributed by atoms with Crippen molar-refractivity contribution >= 4 is 16.1 Å². The third-order valence-corrected chi connectivity index (χ3v) is 5.05. The van der Waals surface area contributed by atoms with Crippen molar-refractivity contribution < 1.29 is 13.2 Å². The molecular formula is C15H22N2O3S. The van der Waals surface area contributed by atoms with Crippen LogP contribution >= 0.6 is 0 Å². The molecule has 1 fully saturated rings. The molecular weight excluding hydrogens is 288 g/mol. The van der Waals surface area contributed by atoms with Gasteiger partial charge in [0.25, 0.3) is 10.0 Å². The Morgan fingerprint density at radius 2 is 1.67 bits per heavy atom. The summed E-state index contributed by atoms with van der Waals surface area (Å²) < 4.78 is 26.6. The van der Waals surface area contributed by atoms with Crippen LogP contribution in [0.5, 0.6) is 0 Å². The van der Waals surface area contributed by atoms with Gasteiger partial charge in [-0.15, -0.1) is 0 Å². The zero-order chi connectivity index (χ0) is 15.6. The van der Waals surface area contributed by atoms with Gasteiger partial charge in [-0.3, -0.25) is 0 Å². The minimum absolute atomic E-state index is 0.111. The second-order valence-corrected chi connectivity index (χ2v) is 7.76. The van der Waals surface area contributed by atoms with Crippen molar-refractivity contribution in [1.82, 2.24) is 9.62 Å². The number of carbonyl (C=O) groups excluding carboxylic acids is 1. The van der Waals surface area contributed by atoms with Crippen molar-refractivity contribution in [2.75, 3.05) is 13.1 Å². The van der Waals surface area contributed by atoms with E-state index in [1.807, 2.05) is 6.92 Å². The Labute approximate surface area is 126 Å². The Balaban J connectivity index is 2.09. The number of rotatable bonds is 2. The van der Waals surface area contributed by atoms with Crippen molar-refractivity contribution in [3.8, 4) is 0 Å². The molecule has 0 bridgehead atoms. The van der Waals surface area contributed by atoms with E-state index in [0.717, 1.165) is 12.0 Å². The van der Waals surface area contributed by atoms with E-state index in [1.54, 1.807) is 17.0 Å². The molecule has 0 unspecified atom stereocenters. The first-order chi connectivity index (χ1) is 9.78. The van der Waals surface area contributed by atoms with Gasteiger partial charge in [-0.05, 0) is 37.3 Å². The maximum atomic E-state index is 12.2. The fourth-order valence-corrected chi connectivity index (χ4v) is 3.76. The van der Waals surface area contributed by atoms with Gasteiger partial charge in [0.15, 0.2) is 0 Å². The third-order valence-electron chi connectivity index (χ3n) is 3.71. The molecule has 1 aliphatic heterocycles. The third kappa shape index (κ3) is 3.97. The van der Waals surface area contributed by atoms with Crippen LogP contribution in [0.2, 0.25) is 0 Å². The molecule has 2 amide bonds. The summed E-state index contributed by atoms with van der Waals surface area (Å²) in [5.41, 5.74) is 0.971. The molecule has 1 heterocycles. The summed E-state index contributed by atoms with van der Waals surface area (Å²) in [4.78, 5) is 13.9. The van der Waals surface area contributed by atoms with Gasteiger partial charge >= 0.3 is 6.03 Å². The van der Waals surface area contributed by atoms with Gasteiger partial charge in [-0.25, -0.2) is 17.9 Å². The number of piperidine rings is 1. The summed E-state index contributed by atoms with van der Waals surface area (Å²) in [5, 5.41) is 0. The lowest BCUT2D eigenvalue weighted by Crippen LogP contribution is -2.48. The van der Waals surface area contributed by atoms with E-state index in [-0.39, 0.29) is 4.90 Å². The molecule has 1 aliphatic rings. The van der Waals surface area contributed by atoms with Gasteiger partial charge in [0.1, 0.15) is 0 Å². The molecule has 116 valence electrons. The molecule has 0 saturated carbocycles. The van der Waals surface area contributed by atoms with Crippen LogP contribution in [0.4, 0.5) is 4.79 Å². The minimum atomic E-state index is -3.80. The number of urea groups is 1. The first-order valence-electron chi connectivity index (χ1n) is 7.16. The summed E-state index contributed by atoms with van der Waals surface area (Å²) in [6, 6.07) is 5.90.